The average molecular weight is 353 g/mol. The van der Waals surface area contributed by atoms with Crippen LogP contribution in [0.3, 0.4) is 0 Å². The fourth-order valence-corrected chi connectivity index (χ4v) is 2.85. The molecule has 3 N–H and O–H groups in total. The second-order valence-electron chi connectivity index (χ2n) is 5.99. The Labute approximate surface area is 153 Å². The lowest BCUT2D eigenvalue weighted by molar-refractivity contribution is 0.0526. The number of carbonyl (C=O) groups excluding carboxylic acids is 1. The third-order valence-corrected chi connectivity index (χ3v) is 4.18. The number of hydrogen-bond donors (Lipinski definition) is 2. The summed E-state index contributed by atoms with van der Waals surface area (Å²) in [5.74, 6) is 0.960. The first-order valence-corrected chi connectivity index (χ1v) is 8.71. The van der Waals surface area contributed by atoms with Gasteiger partial charge in [-0.2, -0.15) is 0 Å². The minimum Gasteiger partial charge on any atom is -0.493 e. The highest BCUT2D eigenvalue weighted by Crippen LogP contribution is 2.31. The quantitative estimate of drug-likeness (QED) is 0.490. The normalized spacial score (nSPS) is 16.3. The van der Waals surface area contributed by atoms with Gasteiger partial charge in [0.05, 0.1) is 31.4 Å². The van der Waals surface area contributed by atoms with E-state index >= 15 is 0 Å². The number of carbonyl (C=O) groups is 1. The van der Waals surface area contributed by atoms with Gasteiger partial charge in [-0.05, 0) is 30.7 Å². The molecule has 0 saturated carbocycles. The summed E-state index contributed by atoms with van der Waals surface area (Å²) >= 11 is 0. The molecule has 1 heterocycles. The van der Waals surface area contributed by atoms with Crippen LogP contribution in [0.2, 0.25) is 0 Å². The van der Waals surface area contributed by atoms with E-state index in [9.17, 15) is 4.79 Å². The van der Waals surface area contributed by atoms with Gasteiger partial charge in [-0.15, -0.1) is 0 Å². The summed E-state index contributed by atoms with van der Waals surface area (Å²) in [6, 6.07) is 15.2. The molecule has 6 heteroatoms. The van der Waals surface area contributed by atoms with Crippen molar-refractivity contribution in [3.05, 3.63) is 65.2 Å². The van der Waals surface area contributed by atoms with E-state index < -0.39 is 0 Å². The average Bonchev–Trinajstić information content (AvgIpc) is 2.67. The van der Waals surface area contributed by atoms with Crippen LogP contribution < -0.4 is 15.8 Å². The number of fused-ring (bicyclic) bond motifs is 1. The highest BCUT2D eigenvalue weighted by Gasteiger charge is 2.21. The molecule has 0 amide bonds. The van der Waals surface area contributed by atoms with Gasteiger partial charge in [-0.1, -0.05) is 30.3 Å². The molecule has 6 nitrogen and oxygen atoms in total. The summed E-state index contributed by atoms with van der Waals surface area (Å²) in [5.41, 5.74) is 8.64. The fourth-order valence-electron chi connectivity index (χ4n) is 2.85. The molecule has 0 aromatic heterocycles. The Balaban J connectivity index is 1.60. The molecule has 1 aliphatic heterocycles. The maximum atomic E-state index is 11.7. The van der Waals surface area contributed by atoms with Crippen LogP contribution in [0.25, 0.3) is 0 Å². The minimum absolute atomic E-state index is 0.0925. The summed E-state index contributed by atoms with van der Waals surface area (Å²) in [6.07, 6.45) is 0.835. The maximum absolute atomic E-state index is 11.7. The summed E-state index contributed by atoms with van der Waals surface area (Å²) in [5, 5.41) is 3.27. The predicted molar refractivity (Wildman–Crippen MR) is 100 cm³/mol. The second kappa shape index (κ2) is 8.38. The molecule has 2 aromatic carbocycles. The smallest absolute Gasteiger partial charge is 0.338 e. The maximum Gasteiger partial charge on any atom is 0.338 e. The molecule has 0 radical (unpaired) electrons. The Morgan fingerprint density at radius 1 is 1.27 bits per heavy atom. The van der Waals surface area contributed by atoms with Crippen molar-refractivity contribution in [2.75, 3.05) is 13.2 Å². The van der Waals surface area contributed by atoms with Gasteiger partial charge in [0.1, 0.15) is 5.75 Å². The Morgan fingerprint density at radius 2 is 2.04 bits per heavy atom. The standard InChI is InChI=1S/C20H23N3O3/c1-2-25-19(24)15-9-7-14(8-10-15)13-22-20(21)23-17-11-12-26-18-6-4-3-5-16(17)18/h3-10,17H,2,11-13H2,1H3,(H3,21,22,23). The van der Waals surface area contributed by atoms with Crippen LogP contribution in [-0.4, -0.2) is 25.1 Å². The number of rotatable bonds is 5. The highest BCUT2D eigenvalue weighted by atomic mass is 16.5. The van der Waals surface area contributed by atoms with E-state index in [1.807, 2.05) is 36.4 Å². The molecule has 136 valence electrons. The van der Waals surface area contributed by atoms with Gasteiger partial charge < -0.3 is 20.5 Å². The van der Waals surface area contributed by atoms with Crippen molar-refractivity contribution in [2.45, 2.75) is 25.9 Å². The van der Waals surface area contributed by atoms with Gasteiger partial charge in [-0.25, -0.2) is 9.79 Å². The number of nitrogens with one attached hydrogen (secondary N) is 1. The first-order valence-electron chi connectivity index (χ1n) is 8.71. The predicted octanol–water partition coefficient (Wildman–Crippen LogP) is 2.79. The first-order chi connectivity index (χ1) is 12.7. The molecule has 1 atom stereocenters. The lowest BCUT2D eigenvalue weighted by Gasteiger charge is -2.26. The van der Waals surface area contributed by atoms with E-state index in [1.54, 1.807) is 19.1 Å². The molecule has 0 saturated heterocycles. The van der Waals surface area contributed by atoms with Gasteiger partial charge in [-0.3, -0.25) is 0 Å². The van der Waals surface area contributed by atoms with Crippen LogP contribution in [0.1, 0.15) is 40.9 Å². The van der Waals surface area contributed by atoms with Crippen molar-refractivity contribution in [2.24, 2.45) is 10.7 Å². The number of hydrogen-bond acceptors (Lipinski definition) is 4. The van der Waals surface area contributed by atoms with Gasteiger partial charge in [0, 0.05) is 12.0 Å². The van der Waals surface area contributed by atoms with Crippen LogP contribution in [-0.2, 0) is 11.3 Å². The number of guanidine groups is 1. The zero-order valence-electron chi connectivity index (χ0n) is 14.8. The number of nitrogens with two attached hydrogens (primary N) is 1. The van der Waals surface area contributed by atoms with Crippen molar-refractivity contribution in [3.63, 3.8) is 0 Å². The Hall–Kier alpha value is -3.02. The van der Waals surface area contributed by atoms with E-state index in [1.165, 1.54) is 0 Å². The molecule has 0 fully saturated rings. The van der Waals surface area contributed by atoms with E-state index in [2.05, 4.69) is 10.3 Å². The Kier molecular flexibility index (Phi) is 5.73. The lowest BCUT2D eigenvalue weighted by Crippen LogP contribution is -2.37. The number of para-hydroxylation sites is 1. The zero-order chi connectivity index (χ0) is 18.4. The topological polar surface area (TPSA) is 85.9 Å². The SMILES string of the molecule is CCOC(=O)c1ccc(CN=C(N)NC2CCOc3ccccc32)cc1. The van der Waals surface area contributed by atoms with E-state index in [0.29, 0.717) is 31.3 Å². The fraction of sp³-hybridized carbons (Fsp3) is 0.300. The van der Waals surface area contributed by atoms with Crippen molar-refractivity contribution in [1.82, 2.24) is 5.32 Å². The summed E-state index contributed by atoms with van der Waals surface area (Å²) < 4.78 is 10.6. The third-order valence-electron chi connectivity index (χ3n) is 4.18. The van der Waals surface area contributed by atoms with Crippen molar-refractivity contribution in [3.8, 4) is 5.75 Å². The first kappa shape index (κ1) is 17.8. The Morgan fingerprint density at radius 3 is 2.81 bits per heavy atom. The lowest BCUT2D eigenvalue weighted by atomic mass is 10.0. The highest BCUT2D eigenvalue weighted by molar-refractivity contribution is 5.89. The monoisotopic (exact) mass is 353 g/mol. The Bertz CT molecular complexity index is 787. The van der Waals surface area contributed by atoms with Gasteiger partial charge in [0.2, 0.25) is 0 Å². The molecule has 2 aromatic rings. The number of benzene rings is 2. The van der Waals surface area contributed by atoms with E-state index in [-0.39, 0.29) is 12.0 Å². The summed E-state index contributed by atoms with van der Waals surface area (Å²) in [4.78, 5) is 16.1. The van der Waals surface area contributed by atoms with Crippen molar-refractivity contribution in [1.29, 1.82) is 0 Å². The zero-order valence-corrected chi connectivity index (χ0v) is 14.8. The summed E-state index contributed by atoms with van der Waals surface area (Å²) in [7, 11) is 0. The molecule has 3 rings (SSSR count). The van der Waals surface area contributed by atoms with Crippen LogP contribution in [0.4, 0.5) is 0 Å². The number of nitrogens with zero attached hydrogens (tertiary/aromatic N) is 1. The molecule has 1 aliphatic rings. The molecule has 26 heavy (non-hydrogen) atoms. The molecule has 1 unspecified atom stereocenters. The third kappa shape index (κ3) is 4.33. The van der Waals surface area contributed by atoms with E-state index in [0.717, 1.165) is 23.3 Å². The van der Waals surface area contributed by atoms with Crippen LogP contribution >= 0.6 is 0 Å². The van der Waals surface area contributed by atoms with E-state index in [4.69, 9.17) is 15.2 Å². The van der Waals surface area contributed by atoms with Crippen LogP contribution in [0.15, 0.2) is 53.5 Å². The molecular formula is C20H23N3O3. The van der Waals surface area contributed by atoms with Crippen molar-refractivity contribution >= 4 is 11.9 Å². The van der Waals surface area contributed by atoms with Gasteiger partial charge in [0.25, 0.3) is 0 Å². The molecule has 0 aliphatic carbocycles. The molecule has 0 spiro atoms. The van der Waals surface area contributed by atoms with Crippen LogP contribution in [0.5, 0.6) is 5.75 Å². The number of ether oxygens (including phenoxy) is 2. The van der Waals surface area contributed by atoms with Crippen molar-refractivity contribution < 1.29 is 14.3 Å². The number of aliphatic imine (C=N–C) groups is 1. The largest absolute Gasteiger partial charge is 0.493 e. The molecular weight excluding hydrogens is 330 g/mol. The second-order valence-corrected chi connectivity index (χ2v) is 5.99. The van der Waals surface area contributed by atoms with Gasteiger partial charge >= 0.3 is 5.97 Å². The summed E-state index contributed by atoms with van der Waals surface area (Å²) in [6.45, 7) is 3.24. The molecule has 0 bridgehead atoms. The minimum atomic E-state index is -0.318. The number of esters is 1. The van der Waals surface area contributed by atoms with Crippen LogP contribution in [0, 0.1) is 0 Å². The van der Waals surface area contributed by atoms with Gasteiger partial charge in [0.15, 0.2) is 5.96 Å².